The fourth-order valence-corrected chi connectivity index (χ4v) is 3.03. The van der Waals surface area contributed by atoms with Gasteiger partial charge in [0.25, 0.3) is 0 Å². The summed E-state index contributed by atoms with van der Waals surface area (Å²) in [5, 5.41) is 13.3. The molecule has 2 heterocycles. The number of aromatic nitrogens is 5. The first-order valence-electron chi connectivity index (χ1n) is 7.58. The Labute approximate surface area is 148 Å². The zero-order chi connectivity index (χ0) is 16.9. The largest absolute Gasteiger partial charge is 0.338 e. The Morgan fingerprint density at radius 3 is 2.92 bits per heavy atom. The molecule has 9 heteroatoms. The van der Waals surface area contributed by atoms with Gasteiger partial charge in [0.15, 0.2) is 11.6 Å². The minimum Gasteiger partial charge on any atom is -0.338 e. The molecule has 3 rings (SSSR count). The zero-order valence-corrected chi connectivity index (χ0v) is 14.7. The third-order valence-corrected chi connectivity index (χ3v) is 4.63. The molecule has 0 unspecified atom stereocenters. The van der Waals surface area contributed by atoms with Gasteiger partial charge < -0.3 is 10.4 Å². The molecule has 0 atom stereocenters. The summed E-state index contributed by atoms with van der Waals surface area (Å²) in [5.74, 6) is 8.36. The second kappa shape index (κ2) is 7.67. The van der Waals surface area contributed by atoms with E-state index in [1.54, 1.807) is 6.07 Å². The second-order valence-electron chi connectivity index (χ2n) is 5.15. The zero-order valence-electron chi connectivity index (χ0n) is 13.1. The number of halogens is 1. The van der Waals surface area contributed by atoms with Crippen LogP contribution in [0.2, 0.25) is 5.02 Å². The van der Waals surface area contributed by atoms with Gasteiger partial charge in [-0.3, -0.25) is 0 Å². The number of thioether (sulfide) groups is 1. The second-order valence-corrected chi connectivity index (χ2v) is 6.50. The van der Waals surface area contributed by atoms with E-state index in [-0.39, 0.29) is 0 Å². The van der Waals surface area contributed by atoms with Crippen molar-refractivity contribution in [2.75, 3.05) is 5.84 Å². The molecule has 0 aliphatic heterocycles. The van der Waals surface area contributed by atoms with Crippen LogP contribution >= 0.6 is 23.4 Å². The van der Waals surface area contributed by atoms with Crippen molar-refractivity contribution in [3.8, 4) is 11.4 Å². The Hall–Kier alpha value is -2.06. The number of rotatable bonds is 7. The Morgan fingerprint density at radius 2 is 2.12 bits per heavy atom. The van der Waals surface area contributed by atoms with Crippen molar-refractivity contribution in [2.24, 2.45) is 0 Å². The highest BCUT2D eigenvalue weighted by atomic mass is 35.5. The lowest BCUT2D eigenvalue weighted by Crippen LogP contribution is -2.11. The lowest BCUT2D eigenvalue weighted by Gasteiger charge is -2.04. The smallest absolute Gasteiger partial charge is 0.237 e. The summed E-state index contributed by atoms with van der Waals surface area (Å²) < 4.78 is 6.65. The van der Waals surface area contributed by atoms with Crippen LogP contribution in [0, 0.1) is 0 Å². The first-order chi connectivity index (χ1) is 11.7. The molecule has 0 bridgehead atoms. The standard InChI is InChI=1S/C15H17ClN6OS/c1-2-3-8-12-18-13(23-21-12)9-24-15-20-19-14(22(15)17)10-6-4-5-7-11(10)16/h4-7H,2-3,8-9,17H2,1H3. The highest BCUT2D eigenvalue weighted by Gasteiger charge is 2.15. The van der Waals surface area contributed by atoms with Crippen LogP contribution in [0.25, 0.3) is 11.4 Å². The number of unbranched alkanes of at least 4 members (excludes halogenated alkanes) is 1. The predicted molar refractivity (Wildman–Crippen MR) is 93.1 cm³/mol. The maximum absolute atomic E-state index is 6.18. The van der Waals surface area contributed by atoms with Gasteiger partial charge in [0.2, 0.25) is 11.0 Å². The quantitative estimate of drug-likeness (QED) is 0.507. The van der Waals surface area contributed by atoms with Gasteiger partial charge in [0, 0.05) is 12.0 Å². The van der Waals surface area contributed by atoms with E-state index in [1.165, 1.54) is 16.4 Å². The third kappa shape index (κ3) is 3.70. The van der Waals surface area contributed by atoms with Crippen LogP contribution in [0.15, 0.2) is 33.9 Å². The summed E-state index contributed by atoms with van der Waals surface area (Å²) in [4.78, 5) is 4.35. The predicted octanol–water partition coefficient (Wildman–Crippen LogP) is 3.33. The van der Waals surface area contributed by atoms with Crippen LogP contribution in [0.1, 0.15) is 31.5 Å². The van der Waals surface area contributed by atoms with Crippen LogP contribution in [-0.4, -0.2) is 25.0 Å². The number of nitrogens with two attached hydrogens (primary N) is 1. The molecule has 0 aliphatic carbocycles. The molecule has 0 saturated carbocycles. The monoisotopic (exact) mass is 364 g/mol. The molecule has 0 fully saturated rings. The Balaban J connectivity index is 1.68. The first-order valence-corrected chi connectivity index (χ1v) is 8.95. The van der Waals surface area contributed by atoms with Crippen LogP contribution in [0.3, 0.4) is 0 Å². The molecule has 2 N–H and O–H groups in total. The molecule has 0 radical (unpaired) electrons. The van der Waals surface area contributed by atoms with Crippen LogP contribution in [-0.2, 0) is 12.2 Å². The molecule has 1 aromatic carbocycles. The molecule has 0 amide bonds. The van der Waals surface area contributed by atoms with Gasteiger partial charge in [-0.05, 0) is 18.6 Å². The normalized spacial score (nSPS) is 11.1. The third-order valence-electron chi connectivity index (χ3n) is 3.37. The van der Waals surface area contributed by atoms with E-state index in [0.29, 0.717) is 27.6 Å². The number of hydrogen-bond donors (Lipinski definition) is 1. The van der Waals surface area contributed by atoms with Crippen LogP contribution < -0.4 is 5.84 Å². The average Bonchev–Trinajstić information content (AvgIpc) is 3.18. The summed E-state index contributed by atoms with van der Waals surface area (Å²) in [7, 11) is 0. The van der Waals surface area contributed by atoms with Crippen molar-refractivity contribution in [2.45, 2.75) is 37.1 Å². The van der Waals surface area contributed by atoms with Gasteiger partial charge >= 0.3 is 0 Å². The van der Waals surface area contributed by atoms with E-state index in [4.69, 9.17) is 22.0 Å². The molecule has 126 valence electrons. The Kier molecular flexibility index (Phi) is 5.37. The first kappa shape index (κ1) is 16.8. The lowest BCUT2D eigenvalue weighted by atomic mass is 10.2. The molecule has 0 saturated heterocycles. The van der Waals surface area contributed by atoms with Crippen LogP contribution in [0.4, 0.5) is 0 Å². The summed E-state index contributed by atoms with van der Waals surface area (Å²) in [6.07, 6.45) is 2.97. The van der Waals surface area contributed by atoms with E-state index in [9.17, 15) is 0 Å². The maximum Gasteiger partial charge on any atom is 0.237 e. The van der Waals surface area contributed by atoms with Crippen molar-refractivity contribution >= 4 is 23.4 Å². The highest BCUT2D eigenvalue weighted by molar-refractivity contribution is 7.98. The fraction of sp³-hybridized carbons (Fsp3) is 0.333. The van der Waals surface area contributed by atoms with Gasteiger partial charge in [-0.2, -0.15) is 4.98 Å². The van der Waals surface area contributed by atoms with Crippen molar-refractivity contribution in [3.63, 3.8) is 0 Å². The molecule has 0 spiro atoms. The van der Waals surface area contributed by atoms with Crippen molar-refractivity contribution < 1.29 is 4.52 Å². The molecule has 0 aliphatic rings. The number of aryl methyl sites for hydroxylation is 1. The molecular weight excluding hydrogens is 348 g/mol. The van der Waals surface area contributed by atoms with E-state index >= 15 is 0 Å². The molecule has 2 aromatic heterocycles. The highest BCUT2D eigenvalue weighted by Crippen LogP contribution is 2.28. The van der Waals surface area contributed by atoms with E-state index in [1.807, 2.05) is 18.2 Å². The fourth-order valence-electron chi connectivity index (χ4n) is 2.11. The summed E-state index contributed by atoms with van der Waals surface area (Å²) in [6, 6.07) is 7.36. The minimum atomic E-state index is 0.483. The van der Waals surface area contributed by atoms with Gasteiger partial charge in [-0.1, -0.05) is 54.0 Å². The van der Waals surface area contributed by atoms with Crippen molar-refractivity contribution in [1.29, 1.82) is 0 Å². The van der Waals surface area contributed by atoms with Gasteiger partial charge in [0.05, 0.1) is 10.8 Å². The summed E-state index contributed by atoms with van der Waals surface area (Å²) in [6.45, 7) is 2.13. The van der Waals surface area contributed by atoms with Crippen molar-refractivity contribution in [1.82, 2.24) is 25.0 Å². The molecule has 7 nitrogen and oxygen atoms in total. The molecule has 3 aromatic rings. The maximum atomic E-state index is 6.18. The average molecular weight is 365 g/mol. The van der Waals surface area contributed by atoms with Crippen LogP contribution in [0.5, 0.6) is 0 Å². The van der Waals surface area contributed by atoms with E-state index in [0.717, 1.165) is 30.7 Å². The van der Waals surface area contributed by atoms with E-state index in [2.05, 4.69) is 27.3 Å². The summed E-state index contributed by atoms with van der Waals surface area (Å²) in [5.41, 5.74) is 0.737. The van der Waals surface area contributed by atoms with Crippen molar-refractivity contribution in [3.05, 3.63) is 41.0 Å². The molecule has 24 heavy (non-hydrogen) atoms. The minimum absolute atomic E-state index is 0.483. The Bertz CT molecular complexity index is 818. The van der Waals surface area contributed by atoms with E-state index < -0.39 is 0 Å². The SMILES string of the molecule is CCCCc1noc(CSc2nnc(-c3ccccc3Cl)n2N)n1. The molecular formula is C15H17ClN6OS. The number of hydrogen-bond acceptors (Lipinski definition) is 7. The van der Waals surface area contributed by atoms with Gasteiger partial charge in [-0.15, -0.1) is 10.2 Å². The number of nitrogens with zero attached hydrogens (tertiary/aromatic N) is 5. The van der Waals surface area contributed by atoms with Gasteiger partial charge in [0.1, 0.15) is 0 Å². The Morgan fingerprint density at radius 1 is 1.29 bits per heavy atom. The topological polar surface area (TPSA) is 95.7 Å². The summed E-state index contributed by atoms with van der Waals surface area (Å²) >= 11 is 7.56. The van der Waals surface area contributed by atoms with Gasteiger partial charge in [-0.25, -0.2) is 4.68 Å². The number of benzene rings is 1. The number of nitrogen functional groups attached to an aromatic ring is 1. The lowest BCUT2D eigenvalue weighted by molar-refractivity contribution is 0.384.